The molecule has 1 radical (unpaired) electrons. The first kappa shape index (κ1) is 14.1. The van der Waals surface area contributed by atoms with E-state index in [1.165, 1.54) is 57.8 Å². The van der Waals surface area contributed by atoms with Gasteiger partial charge >= 0.3 is 0 Å². The van der Waals surface area contributed by atoms with E-state index in [1.807, 2.05) is 6.20 Å². The van der Waals surface area contributed by atoms with Crippen LogP contribution in [0.5, 0.6) is 0 Å². The van der Waals surface area contributed by atoms with E-state index in [1.54, 1.807) is 12.5 Å². The third kappa shape index (κ3) is 7.89. The third-order valence-electron chi connectivity index (χ3n) is 3.11. The molecule has 0 aliphatic carbocycles. The van der Waals surface area contributed by atoms with Crippen molar-refractivity contribution in [2.45, 2.75) is 71.1 Å². The zero-order chi connectivity index (χ0) is 12.2. The van der Waals surface area contributed by atoms with E-state index < -0.39 is 0 Å². The number of allylic oxidation sites excluding steroid dienone is 1. The summed E-state index contributed by atoms with van der Waals surface area (Å²) in [5.41, 5.74) is 0. The fraction of sp³-hybridized carbons (Fsp3) is 0.733. The van der Waals surface area contributed by atoms with E-state index in [9.17, 15) is 0 Å². The maximum Gasteiger partial charge on any atom is 0.121 e. The molecule has 0 aromatic heterocycles. The Balaban J connectivity index is 1.80. The maximum atomic E-state index is 5.34. The summed E-state index contributed by atoms with van der Waals surface area (Å²) >= 11 is 0. The number of rotatable bonds is 10. The summed E-state index contributed by atoms with van der Waals surface area (Å²) in [4.78, 5) is 0. The molecular weight excluding hydrogens is 210 g/mol. The van der Waals surface area contributed by atoms with Crippen LogP contribution in [0.1, 0.15) is 71.1 Å². The molecule has 0 fully saturated rings. The Labute approximate surface area is 106 Å². The quantitative estimate of drug-likeness (QED) is 0.497. The molecule has 0 unspecified atom stereocenters. The smallest absolute Gasteiger partial charge is 0.121 e. The molecular formula is C15H26NO. The number of hydrogen-bond donors (Lipinski definition) is 0. The van der Waals surface area contributed by atoms with Gasteiger partial charge in [-0.1, -0.05) is 58.3 Å². The van der Waals surface area contributed by atoms with Crippen molar-refractivity contribution in [3.05, 3.63) is 24.4 Å². The molecule has 1 heterocycles. The highest BCUT2D eigenvalue weighted by Crippen LogP contribution is 2.15. The highest BCUT2D eigenvalue weighted by molar-refractivity contribution is 5.00. The average molecular weight is 236 g/mol. The van der Waals surface area contributed by atoms with Gasteiger partial charge in [-0.25, -0.2) is 0 Å². The molecule has 2 nitrogen and oxygen atoms in total. The van der Waals surface area contributed by atoms with Gasteiger partial charge in [0.1, 0.15) is 12.0 Å². The molecule has 0 saturated heterocycles. The summed E-state index contributed by atoms with van der Waals surface area (Å²) in [6.07, 6.45) is 18.5. The van der Waals surface area contributed by atoms with Gasteiger partial charge in [-0.15, -0.1) is 0 Å². The lowest BCUT2D eigenvalue weighted by Crippen LogP contribution is -1.97. The van der Waals surface area contributed by atoms with E-state index in [0.29, 0.717) is 0 Å². The van der Waals surface area contributed by atoms with Crippen LogP contribution >= 0.6 is 0 Å². The predicted molar refractivity (Wildman–Crippen MR) is 72.3 cm³/mol. The first-order valence-corrected chi connectivity index (χ1v) is 7.14. The molecule has 17 heavy (non-hydrogen) atoms. The van der Waals surface area contributed by atoms with Crippen LogP contribution in [0.3, 0.4) is 0 Å². The van der Waals surface area contributed by atoms with Gasteiger partial charge < -0.3 is 4.74 Å². The van der Waals surface area contributed by atoms with Crippen LogP contribution in [0, 0.1) is 0 Å². The largest absolute Gasteiger partial charge is 0.466 e. The molecule has 0 bridgehead atoms. The molecule has 0 aromatic carbocycles. The Kier molecular flexibility index (Phi) is 8.53. The van der Waals surface area contributed by atoms with E-state index in [0.717, 1.165) is 12.2 Å². The van der Waals surface area contributed by atoms with E-state index in [2.05, 4.69) is 12.2 Å². The lowest BCUT2D eigenvalue weighted by atomic mass is 10.1. The zero-order valence-corrected chi connectivity index (χ0v) is 11.2. The molecule has 0 saturated carbocycles. The van der Waals surface area contributed by atoms with Crippen LogP contribution < -0.4 is 5.32 Å². The lowest BCUT2D eigenvalue weighted by Gasteiger charge is -2.08. The van der Waals surface area contributed by atoms with E-state index in [-0.39, 0.29) is 0 Å². The summed E-state index contributed by atoms with van der Waals surface area (Å²) in [6, 6.07) is 0. The molecule has 2 heteroatoms. The van der Waals surface area contributed by atoms with Crippen LogP contribution in [0.2, 0.25) is 0 Å². The van der Waals surface area contributed by atoms with Crippen molar-refractivity contribution < 1.29 is 4.74 Å². The van der Waals surface area contributed by atoms with Crippen LogP contribution in [-0.2, 0) is 4.74 Å². The van der Waals surface area contributed by atoms with E-state index >= 15 is 0 Å². The first-order valence-electron chi connectivity index (χ1n) is 7.14. The van der Waals surface area contributed by atoms with Gasteiger partial charge in [-0.3, -0.25) is 5.32 Å². The van der Waals surface area contributed by atoms with E-state index in [4.69, 9.17) is 4.74 Å². The van der Waals surface area contributed by atoms with Crippen molar-refractivity contribution in [1.29, 1.82) is 0 Å². The van der Waals surface area contributed by atoms with Crippen molar-refractivity contribution in [3.8, 4) is 0 Å². The van der Waals surface area contributed by atoms with Crippen LogP contribution in [0.15, 0.2) is 24.4 Å². The SMILES string of the molecule is CCCCCCCCCCCC1=C[N]C=CO1. The van der Waals surface area contributed by atoms with Crippen molar-refractivity contribution in [1.82, 2.24) is 5.32 Å². The third-order valence-corrected chi connectivity index (χ3v) is 3.11. The Hall–Kier alpha value is -0.920. The minimum absolute atomic E-state index is 1.01. The van der Waals surface area contributed by atoms with Gasteiger partial charge in [0.2, 0.25) is 0 Å². The van der Waals surface area contributed by atoms with Crippen LogP contribution in [0.4, 0.5) is 0 Å². The minimum atomic E-state index is 1.01. The Morgan fingerprint density at radius 3 is 2.18 bits per heavy atom. The fourth-order valence-electron chi connectivity index (χ4n) is 2.04. The normalized spacial score (nSPS) is 14.1. The van der Waals surface area contributed by atoms with Crippen LogP contribution in [0.25, 0.3) is 0 Å². The molecule has 97 valence electrons. The Morgan fingerprint density at radius 2 is 1.59 bits per heavy atom. The van der Waals surface area contributed by atoms with Gasteiger partial charge in [0, 0.05) is 6.42 Å². The molecule has 0 amide bonds. The molecule has 0 N–H and O–H groups in total. The fourth-order valence-corrected chi connectivity index (χ4v) is 2.04. The second-order valence-corrected chi connectivity index (χ2v) is 4.73. The first-order chi connectivity index (χ1) is 8.43. The topological polar surface area (TPSA) is 23.3 Å². The minimum Gasteiger partial charge on any atom is -0.466 e. The molecule has 0 atom stereocenters. The second kappa shape index (κ2) is 10.2. The monoisotopic (exact) mass is 236 g/mol. The molecule has 1 aliphatic heterocycles. The van der Waals surface area contributed by atoms with Gasteiger partial charge in [-0.2, -0.15) is 0 Å². The number of nitrogens with zero attached hydrogens (tertiary/aromatic N) is 1. The van der Waals surface area contributed by atoms with Gasteiger partial charge in [0.25, 0.3) is 0 Å². The van der Waals surface area contributed by atoms with Crippen molar-refractivity contribution in [3.63, 3.8) is 0 Å². The standard InChI is InChI=1S/C15H26NO/c1-2-3-4-5-6-7-8-9-10-11-15-14-16-12-13-17-15/h12-14H,2-11H2,1H3. The predicted octanol–water partition coefficient (Wildman–Crippen LogP) is 4.85. The lowest BCUT2D eigenvalue weighted by molar-refractivity contribution is 0.315. The molecule has 0 spiro atoms. The highest BCUT2D eigenvalue weighted by Gasteiger charge is 2.00. The second-order valence-electron chi connectivity index (χ2n) is 4.73. The number of unbranched alkanes of at least 4 members (excludes halogenated alkanes) is 8. The number of ether oxygens (including phenoxy) is 1. The summed E-state index contributed by atoms with van der Waals surface area (Å²) in [5.74, 6) is 1.01. The summed E-state index contributed by atoms with van der Waals surface area (Å²) in [6.45, 7) is 2.27. The Bertz CT molecular complexity index is 233. The van der Waals surface area contributed by atoms with Crippen molar-refractivity contribution in [2.24, 2.45) is 0 Å². The van der Waals surface area contributed by atoms with Gasteiger partial charge in [0.15, 0.2) is 0 Å². The molecule has 0 aromatic rings. The highest BCUT2D eigenvalue weighted by atomic mass is 16.5. The average Bonchev–Trinajstić information content (AvgIpc) is 2.38. The molecule has 1 aliphatic rings. The van der Waals surface area contributed by atoms with Gasteiger partial charge in [-0.05, 0) is 6.42 Å². The zero-order valence-electron chi connectivity index (χ0n) is 11.2. The summed E-state index contributed by atoms with van der Waals surface area (Å²) < 4.78 is 5.34. The van der Waals surface area contributed by atoms with Crippen molar-refractivity contribution >= 4 is 0 Å². The van der Waals surface area contributed by atoms with Crippen molar-refractivity contribution in [2.75, 3.05) is 0 Å². The summed E-state index contributed by atoms with van der Waals surface area (Å²) in [7, 11) is 0. The Morgan fingerprint density at radius 1 is 0.941 bits per heavy atom. The van der Waals surface area contributed by atoms with Gasteiger partial charge in [0.05, 0.1) is 12.4 Å². The number of hydrogen-bond acceptors (Lipinski definition) is 1. The van der Waals surface area contributed by atoms with Crippen LogP contribution in [-0.4, -0.2) is 0 Å². The maximum absolute atomic E-state index is 5.34. The summed E-state index contributed by atoms with van der Waals surface area (Å²) in [5, 5.41) is 4.05. The molecule has 1 rings (SSSR count).